The van der Waals surface area contributed by atoms with E-state index in [0.717, 1.165) is 39.3 Å². The normalized spacial score (nSPS) is 24.0. The van der Waals surface area contributed by atoms with Gasteiger partial charge in [0, 0.05) is 29.2 Å². The molecule has 5 nitrogen and oxygen atoms in total. The molecule has 2 atom stereocenters. The molecule has 0 spiro atoms. The van der Waals surface area contributed by atoms with E-state index in [-0.39, 0.29) is 22.8 Å². The van der Waals surface area contributed by atoms with Gasteiger partial charge < -0.3 is 9.64 Å². The molecule has 3 heterocycles. The van der Waals surface area contributed by atoms with Gasteiger partial charge in [0.15, 0.2) is 9.84 Å². The van der Waals surface area contributed by atoms with Crippen LogP contribution in [0, 0.1) is 0 Å². The molecule has 2 fully saturated rings. The van der Waals surface area contributed by atoms with Crippen LogP contribution >= 0.6 is 35.3 Å². The largest absolute Gasteiger partial charge is 0.497 e. The number of hydrogen-bond acceptors (Lipinski definition) is 7. The number of hydrogen-bond donors (Lipinski definition) is 0. The Morgan fingerprint density at radius 3 is 2.81 bits per heavy atom. The smallest absolute Gasteiger partial charge is 0.153 e. The molecule has 0 N–H and O–H groups in total. The Hall–Kier alpha value is -1.16. The second kappa shape index (κ2) is 7.10. The highest BCUT2D eigenvalue weighted by molar-refractivity contribution is 8.24. The molecule has 2 saturated heterocycles. The Morgan fingerprint density at radius 2 is 2.08 bits per heavy atom. The van der Waals surface area contributed by atoms with Gasteiger partial charge in [-0.25, -0.2) is 13.4 Å². The lowest BCUT2D eigenvalue weighted by Crippen LogP contribution is -2.38. The van der Waals surface area contributed by atoms with Crippen molar-refractivity contribution in [2.75, 3.05) is 25.2 Å². The van der Waals surface area contributed by atoms with Gasteiger partial charge in [0.2, 0.25) is 0 Å². The van der Waals surface area contributed by atoms with E-state index in [1.54, 1.807) is 18.4 Å². The Kier molecular flexibility index (Phi) is 4.98. The average molecular weight is 427 g/mol. The number of rotatable bonds is 5. The van der Waals surface area contributed by atoms with Crippen molar-refractivity contribution in [3.8, 4) is 17.0 Å². The van der Waals surface area contributed by atoms with Crippen molar-refractivity contribution in [1.82, 2.24) is 9.88 Å². The minimum Gasteiger partial charge on any atom is -0.497 e. The minimum atomic E-state index is -2.93. The summed E-state index contributed by atoms with van der Waals surface area (Å²) in [6.45, 7) is 0.720. The number of fused-ring (bicyclic) bond motifs is 1. The third-order valence-electron chi connectivity index (χ3n) is 4.66. The first-order chi connectivity index (χ1) is 12.4. The van der Waals surface area contributed by atoms with Crippen molar-refractivity contribution < 1.29 is 13.2 Å². The molecule has 9 heteroatoms. The number of thioether (sulfide) groups is 1. The molecule has 26 heavy (non-hydrogen) atoms. The van der Waals surface area contributed by atoms with Crippen molar-refractivity contribution in [1.29, 1.82) is 0 Å². The van der Waals surface area contributed by atoms with Crippen LogP contribution in [-0.2, 0) is 16.3 Å². The number of benzene rings is 1. The van der Waals surface area contributed by atoms with Gasteiger partial charge in [-0.1, -0.05) is 24.0 Å². The zero-order chi connectivity index (χ0) is 18.3. The summed E-state index contributed by atoms with van der Waals surface area (Å²) in [7, 11) is -1.28. The highest BCUT2D eigenvalue weighted by atomic mass is 32.2. The first-order valence-electron chi connectivity index (χ1n) is 8.22. The number of methoxy groups -OCH3 is 1. The van der Waals surface area contributed by atoms with Crippen molar-refractivity contribution in [2.45, 2.75) is 17.7 Å². The van der Waals surface area contributed by atoms with E-state index in [2.05, 4.69) is 10.3 Å². The standard InChI is InChI=1S/C17H18N2O3S4/c1-22-12-4-2-11(3-5-12)13-8-24-16(18-13)6-7-19-14-9-26(20,21)10-15(14)25-17(19)23/h2-5,8,14-15H,6-7,9-10H2,1H3. The zero-order valence-electron chi connectivity index (χ0n) is 14.1. The quantitative estimate of drug-likeness (QED) is 0.682. The fourth-order valence-corrected chi connectivity index (χ4v) is 8.55. The molecule has 1 aromatic carbocycles. The van der Waals surface area contributed by atoms with Crippen molar-refractivity contribution in [3.05, 3.63) is 34.7 Å². The number of sulfone groups is 1. The lowest BCUT2D eigenvalue weighted by molar-refractivity contribution is 0.365. The lowest BCUT2D eigenvalue weighted by atomic mass is 10.2. The second-order valence-electron chi connectivity index (χ2n) is 6.36. The van der Waals surface area contributed by atoms with Crippen LogP contribution in [0.5, 0.6) is 5.75 Å². The van der Waals surface area contributed by atoms with Crippen LogP contribution in [0.1, 0.15) is 5.01 Å². The second-order valence-corrected chi connectivity index (χ2v) is 11.3. The van der Waals surface area contributed by atoms with Gasteiger partial charge in [0.25, 0.3) is 0 Å². The van der Waals surface area contributed by atoms with E-state index in [9.17, 15) is 8.42 Å². The summed E-state index contributed by atoms with van der Waals surface area (Å²) in [6.07, 6.45) is 0.769. The van der Waals surface area contributed by atoms with Gasteiger partial charge in [0.1, 0.15) is 10.1 Å². The van der Waals surface area contributed by atoms with Gasteiger partial charge in [-0.2, -0.15) is 0 Å². The van der Waals surface area contributed by atoms with Crippen LogP contribution < -0.4 is 4.74 Å². The van der Waals surface area contributed by atoms with Gasteiger partial charge >= 0.3 is 0 Å². The van der Waals surface area contributed by atoms with Gasteiger partial charge in [-0.3, -0.25) is 0 Å². The van der Waals surface area contributed by atoms with Crippen molar-refractivity contribution in [2.24, 2.45) is 0 Å². The molecule has 1 aromatic heterocycles. The Bertz CT molecular complexity index is 924. The van der Waals surface area contributed by atoms with Crippen LogP contribution in [-0.4, -0.2) is 59.1 Å². The maximum atomic E-state index is 11.9. The molecule has 2 aromatic rings. The molecule has 4 rings (SSSR count). The summed E-state index contributed by atoms with van der Waals surface area (Å²) >= 11 is 8.62. The molecule has 0 aliphatic carbocycles. The lowest BCUT2D eigenvalue weighted by Gasteiger charge is -2.23. The van der Waals surface area contributed by atoms with E-state index < -0.39 is 9.84 Å². The molecular formula is C17H18N2O3S4. The summed E-state index contributed by atoms with van der Waals surface area (Å²) in [4.78, 5) is 6.81. The van der Waals surface area contributed by atoms with E-state index in [0.29, 0.717) is 0 Å². The molecule has 138 valence electrons. The molecule has 0 bridgehead atoms. The van der Waals surface area contributed by atoms with Crippen LogP contribution in [0.4, 0.5) is 0 Å². The molecule has 2 aliphatic rings. The maximum absolute atomic E-state index is 11.9. The number of nitrogens with zero attached hydrogens (tertiary/aromatic N) is 2. The number of thiazole rings is 1. The van der Waals surface area contributed by atoms with Crippen molar-refractivity contribution >= 4 is 49.5 Å². The molecule has 2 unspecified atom stereocenters. The SMILES string of the molecule is COc1ccc(-c2csc(CCN3C(=S)SC4CS(=O)(=O)CC43)n2)cc1. The first-order valence-corrected chi connectivity index (χ1v) is 12.2. The molecule has 0 saturated carbocycles. The predicted molar refractivity (Wildman–Crippen MR) is 111 cm³/mol. The third kappa shape index (κ3) is 3.62. The summed E-state index contributed by atoms with van der Waals surface area (Å²) in [5, 5.41) is 3.18. The van der Waals surface area contributed by atoms with Gasteiger partial charge in [-0.15, -0.1) is 11.3 Å². The van der Waals surface area contributed by atoms with Crippen LogP contribution in [0.2, 0.25) is 0 Å². The Balaban J connectivity index is 1.42. The Morgan fingerprint density at radius 1 is 1.31 bits per heavy atom. The van der Waals surface area contributed by atoms with Crippen LogP contribution in [0.3, 0.4) is 0 Å². The number of aromatic nitrogens is 1. The summed E-state index contributed by atoms with van der Waals surface area (Å²) in [5.41, 5.74) is 2.01. The maximum Gasteiger partial charge on any atom is 0.153 e. The van der Waals surface area contributed by atoms with Crippen LogP contribution in [0.15, 0.2) is 29.6 Å². The van der Waals surface area contributed by atoms with E-state index in [1.807, 2.05) is 24.3 Å². The first kappa shape index (κ1) is 18.2. The Labute approximate surface area is 166 Å². The van der Waals surface area contributed by atoms with Crippen molar-refractivity contribution in [3.63, 3.8) is 0 Å². The topological polar surface area (TPSA) is 59.5 Å². The van der Waals surface area contributed by atoms with Gasteiger partial charge in [-0.05, 0) is 24.3 Å². The summed E-state index contributed by atoms with van der Waals surface area (Å²) < 4.78 is 29.8. The molecule has 0 amide bonds. The van der Waals surface area contributed by atoms with Crippen LogP contribution in [0.25, 0.3) is 11.3 Å². The number of thiocarbonyl (C=S) groups is 1. The van der Waals surface area contributed by atoms with E-state index in [1.165, 1.54) is 11.8 Å². The minimum absolute atomic E-state index is 0.0264. The average Bonchev–Trinajstić information content (AvgIpc) is 3.26. The fourth-order valence-electron chi connectivity index (χ4n) is 3.33. The number of ether oxygens (including phenoxy) is 1. The zero-order valence-corrected chi connectivity index (χ0v) is 17.4. The summed E-state index contributed by atoms with van der Waals surface area (Å²) in [6, 6.07) is 7.87. The summed E-state index contributed by atoms with van der Waals surface area (Å²) in [5.74, 6) is 1.29. The highest BCUT2D eigenvalue weighted by Crippen LogP contribution is 2.38. The van der Waals surface area contributed by atoms with Gasteiger partial charge in [0.05, 0.1) is 35.4 Å². The predicted octanol–water partition coefficient (Wildman–Crippen LogP) is 2.86. The van der Waals surface area contributed by atoms with E-state index >= 15 is 0 Å². The molecular weight excluding hydrogens is 408 g/mol. The fraction of sp³-hybridized carbons (Fsp3) is 0.412. The highest BCUT2D eigenvalue weighted by Gasteiger charge is 2.47. The third-order valence-corrected chi connectivity index (χ3v) is 9.24. The monoisotopic (exact) mass is 426 g/mol. The molecule has 0 radical (unpaired) electrons. The molecule has 2 aliphatic heterocycles. The van der Waals surface area contributed by atoms with E-state index in [4.69, 9.17) is 21.9 Å².